The van der Waals surface area contributed by atoms with Crippen LogP contribution < -0.4 is 4.90 Å². The summed E-state index contributed by atoms with van der Waals surface area (Å²) in [5.74, 6) is 0.373. The van der Waals surface area contributed by atoms with Gasteiger partial charge in [-0.05, 0) is 35.6 Å². The summed E-state index contributed by atoms with van der Waals surface area (Å²) < 4.78 is 10.5. The normalized spacial score (nSPS) is 10.8. The number of benzene rings is 1. The fourth-order valence-corrected chi connectivity index (χ4v) is 4.59. The zero-order chi connectivity index (χ0) is 23.2. The minimum Gasteiger partial charge on any atom is -0.459 e. The molecule has 0 fully saturated rings. The number of amides is 1. The second-order valence-electron chi connectivity index (χ2n) is 7.15. The van der Waals surface area contributed by atoms with Crippen molar-refractivity contribution in [1.29, 1.82) is 0 Å². The molecule has 1 amide bonds. The third-order valence-corrected chi connectivity index (χ3v) is 6.52. The van der Waals surface area contributed by atoms with Crippen molar-refractivity contribution >= 4 is 45.4 Å². The number of carbonyl (C=O) groups is 2. The number of esters is 1. The fourth-order valence-electron chi connectivity index (χ4n) is 3.07. The lowest BCUT2D eigenvalue weighted by Crippen LogP contribution is -2.22. The van der Waals surface area contributed by atoms with E-state index in [9.17, 15) is 9.59 Å². The van der Waals surface area contributed by atoms with Gasteiger partial charge in [0.1, 0.15) is 6.61 Å². The van der Waals surface area contributed by atoms with Crippen molar-refractivity contribution in [1.82, 2.24) is 15.1 Å². The van der Waals surface area contributed by atoms with Crippen LogP contribution in [-0.2, 0) is 33.8 Å². The molecule has 0 saturated carbocycles. The van der Waals surface area contributed by atoms with Gasteiger partial charge in [-0.1, -0.05) is 30.3 Å². The highest BCUT2D eigenvalue weighted by atomic mass is 32.1. The Morgan fingerprint density at radius 3 is 2.64 bits per heavy atom. The summed E-state index contributed by atoms with van der Waals surface area (Å²) in [6.45, 7) is 3.60. The number of anilines is 2. The van der Waals surface area contributed by atoms with Crippen LogP contribution in [0.2, 0.25) is 0 Å². The maximum atomic E-state index is 12.3. The molecule has 0 aliphatic carbocycles. The minimum atomic E-state index is -0.390. The highest BCUT2D eigenvalue weighted by Crippen LogP contribution is 2.29. The molecule has 4 rings (SSSR count). The number of nitrogens with zero attached hydrogens (tertiary/aromatic N) is 4. The molecule has 4 aromatic rings. The molecular weight excluding hydrogens is 460 g/mol. The Hall–Kier alpha value is -3.37. The first-order valence-electron chi connectivity index (χ1n) is 10.4. The van der Waals surface area contributed by atoms with Crippen LogP contribution in [0, 0.1) is 0 Å². The third kappa shape index (κ3) is 5.71. The van der Waals surface area contributed by atoms with E-state index in [1.165, 1.54) is 35.2 Å². The Balaban J connectivity index is 1.31. The maximum absolute atomic E-state index is 12.3. The Kier molecular flexibility index (Phi) is 7.26. The molecule has 0 radical (unpaired) electrons. The Morgan fingerprint density at radius 1 is 1.12 bits per heavy atom. The van der Waals surface area contributed by atoms with E-state index in [0.717, 1.165) is 17.0 Å². The molecule has 0 aliphatic rings. The van der Waals surface area contributed by atoms with Gasteiger partial charge in [0.15, 0.2) is 5.13 Å². The predicted molar refractivity (Wildman–Crippen MR) is 126 cm³/mol. The van der Waals surface area contributed by atoms with Gasteiger partial charge in [0.05, 0.1) is 22.7 Å². The number of rotatable bonds is 9. The van der Waals surface area contributed by atoms with Gasteiger partial charge in [-0.3, -0.25) is 14.5 Å². The van der Waals surface area contributed by atoms with E-state index in [2.05, 4.69) is 22.0 Å². The molecule has 170 valence electrons. The lowest BCUT2D eigenvalue weighted by atomic mass is 10.1. The molecule has 33 heavy (non-hydrogen) atoms. The summed E-state index contributed by atoms with van der Waals surface area (Å²) in [7, 11) is 0. The molecule has 0 unspecified atom stereocenters. The molecule has 1 aromatic carbocycles. The largest absolute Gasteiger partial charge is 0.459 e. The van der Waals surface area contributed by atoms with Gasteiger partial charge >= 0.3 is 5.97 Å². The van der Waals surface area contributed by atoms with Gasteiger partial charge in [0.25, 0.3) is 0 Å². The molecule has 10 heteroatoms. The van der Waals surface area contributed by atoms with E-state index in [4.69, 9.17) is 9.26 Å². The monoisotopic (exact) mass is 482 g/mol. The zero-order valence-corrected chi connectivity index (χ0v) is 19.8. The van der Waals surface area contributed by atoms with E-state index in [0.29, 0.717) is 29.0 Å². The van der Waals surface area contributed by atoms with Crippen molar-refractivity contribution in [3.63, 3.8) is 0 Å². The van der Waals surface area contributed by atoms with Crippen molar-refractivity contribution < 1.29 is 18.8 Å². The van der Waals surface area contributed by atoms with Gasteiger partial charge in [0.2, 0.25) is 17.6 Å². The Morgan fingerprint density at radius 2 is 1.94 bits per heavy atom. The SMILES string of the molecule is CCc1ccc(N(C(C)=O)c2nc(COC(=O)CCc3nc(-c4cccs4)no3)cs2)cc1. The predicted octanol–water partition coefficient (Wildman–Crippen LogP) is 5.18. The Labute approximate surface area is 198 Å². The van der Waals surface area contributed by atoms with Crippen molar-refractivity contribution in [2.75, 3.05) is 4.90 Å². The van der Waals surface area contributed by atoms with Crippen LogP contribution in [-0.4, -0.2) is 27.0 Å². The van der Waals surface area contributed by atoms with Gasteiger partial charge in [-0.15, -0.1) is 22.7 Å². The molecule has 0 saturated heterocycles. The van der Waals surface area contributed by atoms with Crippen LogP contribution >= 0.6 is 22.7 Å². The number of thiazole rings is 1. The molecule has 3 heterocycles. The number of ether oxygens (including phenoxy) is 1. The quantitative estimate of drug-likeness (QED) is 0.303. The lowest BCUT2D eigenvalue weighted by Gasteiger charge is -2.18. The van der Waals surface area contributed by atoms with Gasteiger partial charge in [0, 0.05) is 18.7 Å². The van der Waals surface area contributed by atoms with Crippen LogP contribution in [0.1, 0.15) is 37.4 Å². The van der Waals surface area contributed by atoms with Gasteiger partial charge in [-0.2, -0.15) is 4.98 Å². The molecule has 0 bridgehead atoms. The molecule has 0 spiro atoms. The van der Waals surface area contributed by atoms with E-state index < -0.39 is 0 Å². The van der Waals surface area contributed by atoms with Crippen LogP contribution in [0.3, 0.4) is 0 Å². The van der Waals surface area contributed by atoms with Gasteiger partial charge < -0.3 is 9.26 Å². The van der Waals surface area contributed by atoms with Crippen LogP contribution in [0.15, 0.2) is 51.7 Å². The second-order valence-corrected chi connectivity index (χ2v) is 8.93. The number of thiophene rings is 1. The molecule has 0 aliphatic heterocycles. The summed E-state index contributed by atoms with van der Waals surface area (Å²) in [5, 5.41) is 8.18. The summed E-state index contributed by atoms with van der Waals surface area (Å²) >= 11 is 2.84. The highest BCUT2D eigenvalue weighted by molar-refractivity contribution is 7.14. The van der Waals surface area contributed by atoms with Crippen molar-refractivity contribution in [3.05, 3.63) is 64.3 Å². The topological polar surface area (TPSA) is 98.4 Å². The van der Waals surface area contributed by atoms with E-state index >= 15 is 0 Å². The molecule has 0 atom stereocenters. The summed E-state index contributed by atoms with van der Waals surface area (Å²) in [6.07, 6.45) is 1.34. The fraction of sp³-hybridized carbons (Fsp3) is 0.261. The van der Waals surface area contributed by atoms with Crippen LogP contribution in [0.25, 0.3) is 10.7 Å². The first-order chi connectivity index (χ1) is 16.0. The lowest BCUT2D eigenvalue weighted by molar-refractivity contribution is -0.145. The number of carbonyl (C=O) groups excluding carboxylic acids is 2. The summed E-state index contributed by atoms with van der Waals surface area (Å²) in [4.78, 5) is 35.7. The zero-order valence-electron chi connectivity index (χ0n) is 18.2. The van der Waals surface area contributed by atoms with Crippen LogP contribution in [0.4, 0.5) is 10.8 Å². The standard InChI is InChI=1S/C23H22N4O4S2/c1-3-16-6-8-18(9-7-16)27(15(2)28)23-24-17(14-33-23)13-30-21(29)11-10-20-25-22(26-31-20)19-5-4-12-32-19/h4-9,12,14H,3,10-11,13H2,1-2H3. The van der Waals surface area contributed by atoms with E-state index in [1.807, 2.05) is 41.8 Å². The van der Waals surface area contributed by atoms with Crippen molar-refractivity contribution in [2.24, 2.45) is 0 Å². The van der Waals surface area contributed by atoms with Gasteiger partial charge in [-0.25, -0.2) is 4.98 Å². The molecule has 8 nitrogen and oxygen atoms in total. The maximum Gasteiger partial charge on any atom is 0.306 e. The van der Waals surface area contributed by atoms with Crippen molar-refractivity contribution in [3.8, 4) is 10.7 Å². The van der Waals surface area contributed by atoms with E-state index in [1.54, 1.807) is 10.3 Å². The number of aryl methyl sites for hydroxylation is 2. The third-order valence-electron chi connectivity index (χ3n) is 4.78. The average molecular weight is 483 g/mol. The molecular formula is C23H22N4O4S2. The first-order valence-corrected chi connectivity index (χ1v) is 12.2. The Bertz CT molecular complexity index is 1220. The number of aromatic nitrogens is 3. The number of hydrogen-bond donors (Lipinski definition) is 0. The first kappa shape index (κ1) is 22.8. The minimum absolute atomic E-state index is 0.0279. The second kappa shape index (κ2) is 10.5. The van der Waals surface area contributed by atoms with Crippen molar-refractivity contribution in [2.45, 2.75) is 39.7 Å². The number of hydrogen-bond acceptors (Lipinski definition) is 9. The van der Waals surface area contributed by atoms with Crippen LogP contribution in [0.5, 0.6) is 0 Å². The average Bonchev–Trinajstić information content (AvgIpc) is 3.58. The molecule has 0 N–H and O–H groups in total. The highest BCUT2D eigenvalue weighted by Gasteiger charge is 2.19. The van der Waals surface area contributed by atoms with E-state index in [-0.39, 0.29) is 24.9 Å². The summed E-state index contributed by atoms with van der Waals surface area (Å²) in [5.41, 5.74) is 2.52. The molecule has 3 aromatic heterocycles. The smallest absolute Gasteiger partial charge is 0.306 e. The summed E-state index contributed by atoms with van der Waals surface area (Å²) in [6, 6.07) is 11.6.